The van der Waals surface area contributed by atoms with Crippen LogP contribution in [0.15, 0.2) is 0 Å². The lowest BCUT2D eigenvalue weighted by Crippen LogP contribution is -2.24. The van der Waals surface area contributed by atoms with Gasteiger partial charge in [-0.3, -0.25) is 0 Å². The number of hydrogen-bond donors (Lipinski definition) is 3. The highest BCUT2D eigenvalue weighted by atomic mass is 35.5. The molecule has 0 spiro atoms. The van der Waals surface area contributed by atoms with Crippen LogP contribution < -0.4 is 10.6 Å². The fourth-order valence-electron chi connectivity index (χ4n) is 1.71. The van der Waals surface area contributed by atoms with Gasteiger partial charge in [-0.1, -0.05) is 20.8 Å². The Balaban J connectivity index is 2.60. The Bertz CT molecular complexity index is 414. The van der Waals surface area contributed by atoms with Gasteiger partial charge in [0, 0.05) is 19.7 Å². The van der Waals surface area contributed by atoms with Gasteiger partial charge in [-0.25, -0.2) is 0 Å². The number of aliphatic hydroxyl groups excluding tert-OH is 1. The number of halogens is 1. The summed E-state index contributed by atoms with van der Waals surface area (Å²) >= 11 is 5.89. The van der Waals surface area contributed by atoms with Gasteiger partial charge in [-0.2, -0.15) is 15.0 Å². The molecule has 3 N–H and O–H groups in total. The molecule has 0 aromatic carbocycles. The lowest BCUT2D eigenvalue weighted by atomic mass is 9.88. The van der Waals surface area contributed by atoms with Gasteiger partial charge in [0.2, 0.25) is 17.2 Å². The summed E-state index contributed by atoms with van der Waals surface area (Å²) in [6.45, 7) is 8.05. The highest BCUT2D eigenvalue weighted by Gasteiger charge is 2.17. The second-order valence-corrected chi connectivity index (χ2v) is 5.86. The Hall–Kier alpha value is -1.14. The molecule has 1 aromatic rings. The van der Waals surface area contributed by atoms with Crippen LogP contribution in [-0.4, -0.2) is 39.8 Å². The van der Waals surface area contributed by atoms with Crippen LogP contribution in [0.25, 0.3) is 0 Å². The normalized spacial score (nSPS) is 11.4. The molecule has 0 atom stereocenters. The van der Waals surface area contributed by atoms with Gasteiger partial charge in [0.15, 0.2) is 0 Å². The molecule has 1 aromatic heterocycles. The minimum atomic E-state index is 0.0544. The first-order valence-corrected chi connectivity index (χ1v) is 7.35. The maximum Gasteiger partial charge on any atom is 0.228 e. The van der Waals surface area contributed by atoms with Crippen LogP contribution >= 0.6 is 11.6 Å². The zero-order chi connectivity index (χ0) is 15.0. The number of aliphatic hydroxyl groups is 1. The van der Waals surface area contributed by atoms with E-state index in [2.05, 4.69) is 46.4 Å². The van der Waals surface area contributed by atoms with Gasteiger partial charge in [-0.15, -0.1) is 0 Å². The standard InChI is InChI=1S/C13H24ClN5O/c1-4-7-15-11-17-10(14)18-12(19-11)16-9-13(2,3)6-5-8-20/h20H,4-9H2,1-3H3,(H2,15,16,17,18,19). The molecule has 1 rings (SSSR count). The molecule has 20 heavy (non-hydrogen) atoms. The number of aromatic nitrogens is 3. The molecule has 114 valence electrons. The fraction of sp³-hybridized carbons (Fsp3) is 0.769. The molecule has 0 bridgehead atoms. The summed E-state index contributed by atoms with van der Waals surface area (Å²) in [5, 5.41) is 15.3. The molecule has 0 aliphatic rings. The third-order valence-corrected chi connectivity index (χ3v) is 3.05. The molecule has 0 amide bonds. The topological polar surface area (TPSA) is 83.0 Å². The van der Waals surface area contributed by atoms with Gasteiger partial charge in [-0.05, 0) is 36.3 Å². The summed E-state index contributed by atoms with van der Waals surface area (Å²) < 4.78 is 0. The summed E-state index contributed by atoms with van der Waals surface area (Å²) in [7, 11) is 0. The minimum absolute atomic E-state index is 0.0544. The van der Waals surface area contributed by atoms with E-state index in [4.69, 9.17) is 16.7 Å². The molecule has 0 saturated carbocycles. The van der Waals surface area contributed by atoms with E-state index in [0.29, 0.717) is 18.4 Å². The number of hydrogen-bond acceptors (Lipinski definition) is 6. The highest BCUT2D eigenvalue weighted by Crippen LogP contribution is 2.22. The van der Waals surface area contributed by atoms with Crippen molar-refractivity contribution in [2.45, 2.75) is 40.0 Å². The van der Waals surface area contributed by atoms with E-state index in [9.17, 15) is 0 Å². The van der Waals surface area contributed by atoms with Crippen molar-refractivity contribution in [2.75, 3.05) is 30.3 Å². The lowest BCUT2D eigenvalue weighted by molar-refractivity contribution is 0.247. The van der Waals surface area contributed by atoms with Crippen LogP contribution in [0.4, 0.5) is 11.9 Å². The van der Waals surface area contributed by atoms with Crippen LogP contribution in [0.5, 0.6) is 0 Å². The summed E-state index contributed by atoms with van der Waals surface area (Å²) in [5.41, 5.74) is 0.0544. The highest BCUT2D eigenvalue weighted by molar-refractivity contribution is 6.28. The van der Waals surface area contributed by atoms with Crippen LogP contribution in [0.3, 0.4) is 0 Å². The fourth-order valence-corrected chi connectivity index (χ4v) is 1.87. The smallest absolute Gasteiger partial charge is 0.228 e. The SMILES string of the molecule is CCCNc1nc(Cl)nc(NCC(C)(C)CCCO)n1. The predicted octanol–water partition coefficient (Wildman–Crippen LogP) is 2.56. The van der Waals surface area contributed by atoms with Gasteiger partial charge >= 0.3 is 0 Å². The van der Waals surface area contributed by atoms with E-state index in [1.807, 2.05) is 0 Å². The van der Waals surface area contributed by atoms with E-state index in [1.54, 1.807) is 0 Å². The molecular weight excluding hydrogens is 278 g/mol. The van der Waals surface area contributed by atoms with Crippen molar-refractivity contribution >= 4 is 23.5 Å². The first kappa shape index (κ1) is 16.9. The van der Waals surface area contributed by atoms with E-state index in [1.165, 1.54) is 0 Å². The molecule has 0 aliphatic heterocycles. The minimum Gasteiger partial charge on any atom is -0.396 e. The van der Waals surface area contributed by atoms with E-state index in [-0.39, 0.29) is 17.3 Å². The molecule has 0 aliphatic carbocycles. The predicted molar refractivity (Wildman–Crippen MR) is 82.2 cm³/mol. The average Bonchev–Trinajstić information content (AvgIpc) is 2.40. The quantitative estimate of drug-likeness (QED) is 0.650. The van der Waals surface area contributed by atoms with Crippen molar-refractivity contribution in [1.29, 1.82) is 0 Å². The Kier molecular flexibility index (Phi) is 6.95. The number of nitrogens with zero attached hydrogens (tertiary/aromatic N) is 3. The Morgan fingerprint density at radius 2 is 1.80 bits per heavy atom. The monoisotopic (exact) mass is 301 g/mol. The van der Waals surface area contributed by atoms with Gasteiger partial charge in [0.05, 0.1) is 0 Å². The van der Waals surface area contributed by atoms with E-state index >= 15 is 0 Å². The largest absolute Gasteiger partial charge is 0.396 e. The zero-order valence-corrected chi connectivity index (χ0v) is 13.2. The molecule has 7 heteroatoms. The Morgan fingerprint density at radius 1 is 1.15 bits per heavy atom. The molecule has 0 radical (unpaired) electrons. The molecular formula is C13H24ClN5O. The summed E-state index contributed by atoms with van der Waals surface area (Å²) in [6.07, 6.45) is 2.70. The van der Waals surface area contributed by atoms with Gasteiger partial charge < -0.3 is 15.7 Å². The molecule has 0 fully saturated rings. The van der Waals surface area contributed by atoms with E-state index in [0.717, 1.165) is 25.8 Å². The number of anilines is 2. The lowest BCUT2D eigenvalue weighted by Gasteiger charge is -2.24. The van der Waals surface area contributed by atoms with Crippen molar-refractivity contribution in [3.63, 3.8) is 0 Å². The first-order chi connectivity index (χ1) is 9.46. The Labute approximate surface area is 125 Å². The number of rotatable bonds is 9. The second kappa shape index (κ2) is 8.21. The zero-order valence-electron chi connectivity index (χ0n) is 12.4. The molecule has 0 saturated heterocycles. The maximum absolute atomic E-state index is 8.89. The third-order valence-electron chi connectivity index (χ3n) is 2.88. The first-order valence-electron chi connectivity index (χ1n) is 6.97. The van der Waals surface area contributed by atoms with Crippen molar-refractivity contribution < 1.29 is 5.11 Å². The van der Waals surface area contributed by atoms with Crippen molar-refractivity contribution in [3.05, 3.63) is 5.28 Å². The molecule has 0 unspecified atom stereocenters. The third kappa shape index (κ3) is 6.34. The summed E-state index contributed by atoms with van der Waals surface area (Å²) in [4.78, 5) is 12.4. The number of nitrogens with one attached hydrogen (secondary N) is 2. The van der Waals surface area contributed by atoms with Crippen LogP contribution in [-0.2, 0) is 0 Å². The van der Waals surface area contributed by atoms with Crippen molar-refractivity contribution in [1.82, 2.24) is 15.0 Å². The van der Waals surface area contributed by atoms with Gasteiger partial charge in [0.1, 0.15) is 0 Å². The van der Waals surface area contributed by atoms with Crippen LogP contribution in [0.1, 0.15) is 40.0 Å². The molecule has 6 nitrogen and oxygen atoms in total. The average molecular weight is 302 g/mol. The summed E-state index contributed by atoms with van der Waals surface area (Å²) in [6, 6.07) is 0. The summed E-state index contributed by atoms with van der Waals surface area (Å²) in [5.74, 6) is 0.961. The van der Waals surface area contributed by atoms with Crippen molar-refractivity contribution in [2.24, 2.45) is 5.41 Å². The maximum atomic E-state index is 8.89. The Morgan fingerprint density at radius 3 is 2.40 bits per heavy atom. The van der Waals surface area contributed by atoms with Crippen molar-refractivity contribution in [3.8, 4) is 0 Å². The van der Waals surface area contributed by atoms with Gasteiger partial charge in [0.25, 0.3) is 0 Å². The van der Waals surface area contributed by atoms with E-state index < -0.39 is 0 Å². The second-order valence-electron chi connectivity index (χ2n) is 5.52. The molecule has 1 heterocycles. The van der Waals surface area contributed by atoms with Crippen LogP contribution in [0.2, 0.25) is 5.28 Å². The van der Waals surface area contributed by atoms with Crippen LogP contribution in [0, 0.1) is 5.41 Å².